The van der Waals surface area contributed by atoms with E-state index in [1.165, 1.54) is 25.7 Å². The highest BCUT2D eigenvalue weighted by molar-refractivity contribution is 4.86. The second-order valence-electron chi connectivity index (χ2n) is 4.62. The molecule has 0 radical (unpaired) electrons. The smallest absolute Gasteiger partial charge is 0.0672 e. The molecule has 1 saturated heterocycles. The van der Waals surface area contributed by atoms with Gasteiger partial charge in [-0.2, -0.15) is 0 Å². The zero-order valence-electron chi connectivity index (χ0n) is 8.30. The van der Waals surface area contributed by atoms with Crippen LogP contribution in [0.15, 0.2) is 0 Å². The van der Waals surface area contributed by atoms with Gasteiger partial charge in [-0.15, -0.1) is 0 Å². The third kappa shape index (κ3) is 2.44. The minimum Gasteiger partial charge on any atom is -0.390 e. The highest BCUT2D eigenvalue weighted by atomic mass is 16.5. The molecule has 0 amide bonds. The van der Waals surface area contributed by atoms with Crippen molar-refractivity contribution in [2.45, 2.75) is 63.1 Å². The zero-order valence-corrected chi connectivity index (χ0v) is 8.30. The number of rotatable bonds is 2. The monoisotopic (exact) mass is 184 g/mol. The van der Waals surface area contributed by atoms with Gasteiger partial charge >= 0.3 is 0 Å². The van der Waals surface area contributed by atoms with Gasteiger partial charge in [-0.3, -0.25) is 0 Å². The van der Waals surface area contributed by atoms with Crippen LogP contribution >= 0.6 is 0 Å². The summed E-state index contributed by atoms with van der Waals surface area (Å²) >= 11 is 0. The number of ether oxygens (including phenoxy) is 1. The molecule has 2 aliphatic rings. The summed E-state index contributed by atoms with van der Waals surface area (Å²) < 4.78 is 5.56. The predicted octanol–water partition coefficient (Wildman–Crippen LogP) is 2.25. The molecule has 13 heavy (non-hydrogen) atoms. The van der Waals surface area contributed by atoms with E-state index in [1.807, 2.05) is 0 Å². The standard InChI is InChI=1S/C11H20O2/c12-11(6-2-1-3-7-11)9-10-5-4-8-13-10/h10,12H,1-9H2. The van der Waals surface area contributed by atoms with Gasteiger partial charge in [0.2, 0.25) is 0 Å². The second kappa shape index (κ2) is 3.97. The molecule has 2 heteroatoms. The Morgan fingerprint density at radius 2 is 1.92 bits per heavy atom. The third-order valence-corrected chi connectivity index (χ3v) is 3.42. The molecule has 2 rings (SSSR count). The molecule has 1 unspecified atom stereocenters. The minimum absolute atomic E-state index is 0.350. The Bertz CT molecular complexity index is 155. The van der Waals surface area contributed by atoms with Crippen molar-refractivity contribution in [1.82, 2.24) is 0 Å². The van der Waals surface area contributed by atoms with E-state index in [2.05, 4.69) is 0 Å². The quantitative estimate of drug-likeness (QED) is 0.713. The normalized spacial score (nSPS) is 33.5. The van der Waals surface area contributed by atoms with E-state index in [0.717, 1.165) is 32.3 Å². The fraction of sp³-hybridized carbons (Fsp3) is 1.00. The van der Waals surface area contributed by atoms with Crippen molar-refractivity contribution < 1.29 is 9.84 Å². The van der Waals surface area contributed by atoms with Crippen LogP contribution in [0.1, 0.15) is 51.4 Å². The van der Waals surface area contributed by atoms with Crippen LogP contribution in [0.25, 0.3) is 0 Å². The van der Waals surface area contributed by atoms with Gasteiger partial charge in [0.25, 0.3) is 0 Å². The van der Waals surface area contributed by atoms with Crippen LogP contribution in [0, 0.1) is 0 Å². The lowest BCUT2D eigenvalue weighted by Gasteiger charge is -2.33. The minimum atomic E-state index is -0.382. The Morgan fingerprint density at radius 1 is 1.15 bits per heavy atom. The molecule has 0 aromatic heterocycles. The van der Waals surface area contributed by atoms with Crippen molar-refractivity contribution >= 4 is 0 Å². The van der Waals surface area contributed by atoms with Crippen LogP contribution in [-0.2, 0) is 4.74 Å². The Hall–Kier alpha value is -0.0800. The van der Waals surface area contributed by atoms with Crippen LogP contribution in [0.3, 0.4) is 0 Å². The molecule has 1 heterocycles. The van der Waals surface area contributed by atoms with Crippen LogP contribution in [0.5, 0.6) is 0 Å². The Kier molecular flexibility index (Phi) is 2.89. The summed E-state index contributed by atoms with van der Waals surface area (Å²) in [5, 5.41) is 10.3. The Labute approximate surface area is 80.3 Å². The molecule has 0 aromatic rings. The first kappa shape index (κ1) is 9.47. The summed E-state index contributed by atoms with van der Waals surface area (Å²) in [7, 11) is 0. The van der Waals surface area contributed by atoms with Gasteiger partial charge in [0.1, 0.15) is 0 Å². The van der Waals surface area contributed by atoms with Gasteiger partial charge in [0.15, 0.2) is 0 Å². The Balaban J connectivity index is 1.83. The number of aliphatic hydroxyl groups is 1. The summed E-state index contributed by atoms with van der Waals surface area (Å²) in [5.74, 6) is 0. The highest BCUT2D eigenvalue weighted by Gasteiger charge is 2.33. The fourth-order valence-electron chi connectivity index (χ4n) is 2.64. The average Bonchev–Trinajstić information content (AvgIpc) is 2.57. The van der Waals surface area contributed by atoms with E-state index >= 15 is 0 Å². The molecule has 0 bridgehead atoms. The molecule has 2 fully saturated rings. The molecule has 1 aliphatic heterocycles. The molecular weight excluding hydrogens is 164 g/mol. The van der Waals surface area contributed by atoms with Crippen molar-refractivity contribution in [2.75, 3.05) is 6.61 Å². The zero-order chi connectivity index (χ0) is 9.15. The predicted molar refractivity (Wildman–Crippen MR) is 51.6 cm³/mol. The van der Waals surface area contributed by atoms with Crippen LogP contribution in [-0.4, -0.2) is 23.4 Å². The summed E-state index contributed by atoms with van der Waals surface area (Å²) in [6.45, 7) is 0.904. The van der Waals surface area contributed by atoms with Crippen LogP contribution < -0.4 is 0 Å². The SMILES string of the molecule is OC1(CC2CCCO2)CCCCC1. The molecule has 1 N–H and O–H groups in total. The maximum atomic E-state index is 10.3. The number of hydrogen-bond donors (Lipinski definition) is 1. The lowest BCUT2D eigenvalue weighted by Crippen LogP contribution is -2.35. The number of hydrogen-bond acceptors (Lipinski definition) is 2. The van der Waals surface area contributed by atoms with Crippen LogP contribution in [0.4, 0.5) is 0 Å². The molecule has 76 valence electrons. The molecule has 0 spiro atoms. The van der Waals surface area contributed by atoms with Crippen molar-refractivity contribution in [2.24, 2.45) is 0 Å². The fourth-order valence-corrected chi connectivity index (χ4v) is 2.64. The van der Waals surface area contributed by atoms with Gasteiger partial charge < -0.3 is 9.84 Å². The van der Waals surface area contributed by atoms with E-state index in [9.17, 15) is 5.11 Å². The first-order chi connectivity index (χ1) is 6.29. The molecule has 1 atom stereocenters. The maximum Gasteiger partial charge on any atom is 0.0672 e. The largest absolute Gasteiger partial charge is 0.390 e. The van der Waals surface area contributed by atoms with Gasteiger partial charge in [0, 0.05) is 13.0 Å². The lowest BCUT2D eigenvalue weighted by atomic mass is 9.81. The van der Waals surface area contributed by atoms with Gasteiger partial charge in [-0.05, 0) is 25.7 Å². The topological polar surface area (TPSA) is 29.5 Å². The van der Waals surface area contributed by atoms with Crippen molar-refractivity contribution in [3.63, 3.8) is 0 Å². The summed E-state index contributed by atoms with van der Waals surface area (Å²) in [6, 6.07) is 0. The van der Waals surface area contributed by atoms with Crippen molar-refractivity contribution in [3.8, 4) is 0 Å². The van der Waals surface area contributed by atoms with Gasteiger partial charge in [-0.1, -0.05) is 19.3 Å². The van der Waals surface area contributed by atoms with E-state index in [1.54, 1.807) is 0 Å². The summed E-state index contributed by atoms with van der Waals surface area (Å²) in [4.78, 5) is 0. The van der Waals surface area contributed by atoms with E-state index < -0.39 is 0 Å². The van der Waals surface area contributed by atoms with Crippen molar-refractivity contribution in [3.05, 3.63) is 0 Å². The first-order valence-electron chi connectivity index (χ1n) is 5.63. The first-order valence-corrected chi connectivity index (χ1v) is 5.63. The lowest BCUT2D eigenvalue weighted by molar-refractivity contribution is -0.0433. The molecule has 2 nitrogen and oxygen atoms in total. The molecular formula is C11H20O2. The van der Waals surface area contributed by atoms with Gasteiger partial charge in [-0.25, -0.2) is 0 Å². The van der Waals surface area contributed by atoms with Crippen molar-refractivity contribution in [1.29, 1.82) is 0 Å². The van der Waals surface area contributed by atoms with Gasteiger partial charge in [0.05, 0.1) is 11.7 Å². The third-order valence-electron chi connectivity index (χ3n) is 3.42. The van der Waals surface area contributed by atoms with E-state index in [-0.39, 0.29) is 5.60 Å². The average molecular weight is 184 g/mol. The molecule has 1 saturated carbocycles. The molecule has 0 aromatic carbocycles. The second-order valence-corrected chi connectivity index (χ2v) is 4.62. The summed E-state index contributed by atoms with van der Waals surface area (Å²) in [5.41, 5.74) is -0.382. The van der Waals surface area contributed by atoms with Crippen LogP contribution in [0.2, 0.25) is 0 Å². The Morgan fingerprint density at radius 3 is 2.54 bits per heavy atom. The van der Waals surface area contributed by atoms with E-state index in [0.29, 0.717) is 6.10 Å². The summed E-state index contributed by atoms with van der Waals surface area (Å²) in [6.07, 6.45) is 9.25. The highest BCUT2D eigenvalue weighted by Crippen LogP contribution is 2.34. The molecule has 1 aliphatic carbocycles. The maximum absolute atomic E-state index is 10.3. The van der Waals surface area contributed by atoms with E-state index in [4.69, 9.17) is 4.74 Å².